The van der Waals surface area contributed by atoms with Crippen LogP contribution in [-0.2, 0) is 16.1 Å². The second-order valence-corrected chi connectivity index (χ2v) is 5.40. The zero-order chi connectivity index (χ0) is 13.7. The van der Waals surface area contributed by atoms with Crippen molar-refractivity contribution in [1.29, 1.82) is 0 Å². The topological polar surface area (TPSA) is 81.6 Å². The van der Waals surface area contributed by atoms with E-state index in [0.717, 1.165) is 16.3 Å². The highest BCUT2D eigenvalue weighted by molar-refractivity contribution is 7.12. The van der Waals surface area contributed by atoms with E-state index in [1.54, 1.807) is 11.3 Å². The van der Waals surface area contributed by atoms with Crippen molar-refractivity contribution in [3.05, 3.63) is 21.9 Å². The molecule has 1 aromatic heterocycles. The first kappa shape index (κ1) is 14.0. The molecule has 2 rings (SSSR count). The van der Waals surface area contributed by atoms with Crippen LogP contribution in [0, 0.1) is 11.8 Å². The summed E-state index contributed by atoms with van der Waals surface area (Å²) < 4.78 is 5.29. The number of amides is 1. The second-order valence-electron chi connectivity index (χ2n) is 4.24. The molecule has 1 fully saturated rings. The molecule has 0 bridgehead atoms. The number of primary amides is 1. The van der Waals surface area contributed by atoms with Gasteiger partial charge in [0, 0.05) is 18.0 Å². The Morgan fingerprint density at radius 3 is 3.16 bits per heavy atom. The van der Waals surface area contributed by atoms with Gasteiger partial charge < -0.3 is 16.2 Å². The standard InChI is InChI=1S/C13H17N3O2S/c14-5-1-2-10-3-4-11(19-10)8-16-6-7-18-9-12(16)13(15)17/h3-4,12H,5-9,14H2,(H2,15,17). The van der Waals surface area contributed by atoms with Crippen molar-refractivity contribution in [2.75, 3.05) is 26.3 Å². The van der Waals surface area contributed by atoms with Gasteiger partial charge in [0.05, 0.1) is 24.6 Å². The molecular formula is C13H17N3O2S. The molecule has 0 saturated carbocycles. The number of ether oxygens (including phenoxy) is 1. The molecule has 1 unspecified atom stereocenters. The predicted molar refractivity (Wildman–Crippen MR) is 74.5 cm³/mol. The number of thiophene rings is 1. The van der Waals surface area contributed by atoms with Crippen molar-refractivity contribution in [3.63, 3.8) is 0 Å². The van der Waals surface area contributed by atoms with Gasteiger partial charge >= 0.3 is 0 Å². The van der Waals surface area contributed by atoms with Gasteiger partial charge in [-0.2, -0.15) is 0 Å². The normalized spacial score (nSPS) is 19.7. The Bertz CT molecular complexity index is 503. The first-order chi connectivity index (χ1) is 9.20. The summed E-state index contributed by atoms with van der Waals surface area (Å²) in [4.78, 5) is 15.6. The van der Waals surface area contributed by atoms with Gasteiger partial charge in [0.1, 0.15) is 6.04 Å². The summed E-state index contributed by atoms with van der Waals surface area (Å²) in [6.45, 7) is 2.79. The molecule has 19 heavy (non-hydrogen) atoms. The summed E-state index contributed by atoms with van der Waals surface area (Å²) in [5.41, 5.74) is 10.7. The third kappa shape index (κ3) is 3.78. The highest BCUT2D eigenvalue weighted by Crippen LogP contribution is 2.19. The Labute approximate surface area is 116 Å². The van der Waals surface area contributed by atoms with Crippen LogP contribution in [0.5, 0.6) is 0 Å². The lowest BCUT2D eigenvalue weighted by atomic mass is 10.2. The van der Waals surface area contributed by atoms with E-state index in [1.807, 2.05) is 12.1 Å². The van der Waals surface area contributed by atoms with Gasteiger partial charge in [0.25, 0.3) is 0 Å². The largest absolute Gasteiger partial charge is 0.378 e. The fourth-order valence-electron chi connectivity index (χ4n) is 1.96. The number of rotatable bonds is 3. The first-order valence-electron chi connectivity index (χ1n) is 6.09. The average Bonchev–Trinajstić information content (AvgIpc) is 2.84. The maximum absolute atomic E-state index is 11.4. The molecule has 5 nitrogen and oxygen atoms in total. The zero-order valence-electron chi connectivity index (χ0n) is 10.6. The lowest BCUT2D eigenvalue weighted by Gasteiger charge is -2.32. The predicted octanol–water partition coefficient (Wildman–Crippen LogP) is -0.256. The van der Waals surface area contributed by atoms with Crippen LogP contribution >= 0.6 is 11.3 Å². The van der Waals surface area contributed by atoms with Gasteiger partial charge in [-0.25, -0.2) is 0 Å². The van der Waals surface area contributed by atoms with E-state index in [-0.39, 0.29) is 11.9 Å². The third-order valence-electron chi connectivity index (χ3n) is 2.90. The van der Waals surface area contributed by atoms with E-state index in [0.29, 0.717) is 26.3 Å². The monoisotopic (exact) mass is 279 g/mol. The molecule has 1 atom stereocenters. The highest BCUT2D eigenvalue weighted by Gasteiger charge is 2.27. The molecule has 1 aliphatic heterocycles. The molecule has 4 N–H and O–H groups in total. The second kappa shape index (κ2) is 6.68. The molecule has 102 valence electrons. The molecule has 6 heteroatoms. The van der Waals surface area contributed by atoms with Gasteiger partial charge in [-0.1, -0.05) is 11.8 Å². The number of nitrogens with zero attached hydrogens (tertiary/aromatic N) is 1. The summed E-state index contributed by atoms with van der Waals surface area (Å²) in [7, 11) is 0. The van der Waals surface area contributed by atoms with Crippen molar-refractivity contribution >= 4 is 17.2 Å². The Kier molecular flexibility index (Phi) is 4.93. The highest BCUT2D eigenvalue weighted by atomic mass is 32.1. The number of carbonyl (C=O) groups is 1. The van der Waals surface area contributed by atoms with Crippen molar-refractivity contribution in [3.8, 4) is 11.8 Å². The smallest absolute Gasteiger partial charge is 0.237 e. The average molecular weight is 279 g/mol. The van der Waals surface area contributed by atoms with Crippen LogP contribution in [0.2, 0.25) is 0 Å². The molecule has 1 amide bonds. The maximum atomic E-state index is 11.4. The zero-order valence-corrected chi connectivity index (χ0v) is 11.4. The van der Waals surface area contributed by atoms with Gasteiger partial charge in [-0.3, -0.25) is 9.69 Å². The van der Waals surface area contributed by atoms with E-state index < -0.39 is 0 Å². The van der Waals surface area contributed by atoms with Crippen LogP contribution in [0.3, 0.4) is 0 Å². The van der Waals surface area contributed by atoms with Crippen molar-refractivity contribution in [1.82, 2.24) is 4.90 Å². The summed E-state index contributed by atoms with van der Waals surface area (Å²) in [5.74, 6) is 5.50. The number of nitrogens with two attached hydrogens (primary N) is 2. The summed E-state index contributed by atoms with van der Waals surface area (Å²) >= 11 is 1.62. The van der Waals surface area contributed by atoms with E-state index in [2.05, 4.69) is 16.7 Å². The van der Waals surface area contributed by atoms with Gasteiger partial charge in [0.2, 0.25) is 5.91 Å². The van der Waals surface area contributed by atoms with Crippen molar-refractivity contribution < 1.29 is 9.53 Å². The first-order valence-corrected chi connectivity index (χ1v) is 6.91. The number of hydrogen-bond donors (Lipinski definition) is 2. The minimum atomic E-state index is -0.338. The number of carbonyl (C=O) groups excluding carboxylic acids is 1. The van der Waals surface area contributed by atoms with Crippen molar-refractivity contribution in [2.24, 2.45) is 11.5 Å². The van der Waals surface area contributed by atoms with Gasteiger partial charge in [-0.05, 0) is 12.1 Å². The lowest BCUT2D eigenvalue weighted by molar-refractivity contribution is -0.129. The molecule has 0 radical (unpaired) electrons. The van der Waals surface area contributed by atoms with Crippen LogP contribution in [-0.4, -0.2) is 43.2 Å². The minimum absolute atomic E-state index is 0.334. The Morgan fingerprint density at radius 1 is 1.58 bits per heavy atom. The minimum Gasteiger partial charge on any atom is -0.378 e. The SMILES string of the molecule is NCC#Cc1ccc(CN2CCOCC2C(N)=O)s1. The van der Waals surface area contributed by atoms with E-state index in [4.69, 9.17) is 16.2 Å². The number of morpholine rings is 1. The van der Waals surface area contributed by atoms with Gasteiger partial charge in [-0.15, -0.1) is 11.3 Å². The fraction of sp³-hybridized carbons (Fsp3) is 0.462. The Morgan fingerprint density at radius 2 is 2.42 bits per heavy atom. The molecule has 0 aromatic carbocycles. The van der Waals surface area contributed by atoms with Crippen LogP contribution in [0.25, 0.3) is 0 Å². The van der Waals surface area contributed by atoms with Gasteiger partial charge in [0.15, 0.2) is 0 Å². The molecule has 1 aromatic rings. The fourth-order valence-corrected chi connectivity index (χ4v) is 2.87. The molecule has 0 aliphatic carbocycles. The van der Waals surface area contributed by atoms with E-state index in [9.17, 15) is 4.79 Å². The summed E-state index contributed by atoms with van der Waals surface area (Å²) in [5, 5.41) is 0. The quantitative estimate of drug-likeness (QED) is 0.747. The molecule has 0 spiro atoms. The van der Waals surface area contributed by atoms with Crippen LogP contribution < -0.4 is 11.5 Å². The molecule has 1 saturated heterocycles. The number of hydrogen-bond acceptors (Lipinski definition) is 5. The molecule has 2 heterocycles. The van der Waals surface area contributed by atoms with E-state index >= 15 is 0 Å². The summed E-state index contributed by atoms with van der Waals surface area (Å²) in [6.07, 6.45) is 0. The Balaban J connectivity index is 2.02. The molecule has 1 aliphatic rings. The third-order valence-corrected chi connectivity index (χ3v) is 3.89. The summed E-state index contributed by atoms with van der Waals surface area (Å²) in [6, 6.07) is 3.66. The van der Waals surface area contributed by atoms with Crippen LogP contribution in [0.1, 0.15) is 9.75 Å². The van der Waals surface area contributed by atoms with Crippen molar-refractivity contribution in [2.45, 2.75) is 12.6 Å². The lowest BCUT2D eigenvalue weighted by Crippen LogP contribution is -2.51. The Hall–Kier alpha value is -1.39. The maximum Gasteiger partial charge on any atom is 0.237 e. The van der Waals surface area contributed by atoms with E-state index in [1.165, 1.54) is 0 Å². The van der Waals surface area contributed by atoms with Crippen LogP contribution in [0.4, 0.5) is 0 Å². The molecular weight excluding hydrogens is 262 g/mol. The van der Waals surface area contributed by atoms with Crippen LogP contribution in [0.15, 0.2) is 12.1 Å².